The number of halogens is 2. The van der Waals surface area contributed by atoms with Gasteiger partial charge in [0, 0.05) is 26.2 Å². The smallest absolute Gasteiger partial charge is 0.256 e. The van der Waals surface area contributed by atoms with E-state index in [1.165, 1.54) is 16.1 Å². The molecule has 3 rings (SSSR count). The van der Waals surface area contributed by atoms with Gasteiger partial charge in [-0.05, 0) is 38.5 Å². The molecule has 1 aliphatic rings. The fourth-order valence-corrected chi connectivity index (χ4v) is 4.90. The Morgan fingerprint density at radius 3 is 2.56 bits per heavy atom. The minimum absolute atomic E-state index is 0.0263. The molecular formula is C17H19F2N3O4S. The van der Waals surface area contributed by atoms with Gasteiger partial charge in [-0.15, -0.1) is 0 Å². The number of aryl methyl sites for hydroxylation is 2. The highest BCUT2D eigenvalue weighted by atomic mass is 32.2. The van der Waals surface area contributed by atoms with Gasteiger partial charge in [0.2, 0.25) is 10.0 Å². The van der Waals surface area contributed by atoms with E-state index in [4.69, 9.17) is 4.52 Å². The zero-order valence-corrected chi connectivity index (χ0v) is 15.7. The summed E-state index contributed by atoms with van der Waals surface area (Å²) in [5.74, 6) is -1.99. The second-order valence-electron chi connectivity index (χ2n) is 6.33. The highest BCUT2D eigenvalue weighted by Crippen LogP contribution is 2.24. The quantitative estimate of drug-likeness (QED) is 0.789. The van der Waals surface area contributed by atoms with Crippen LogP contribution in [0.3, 0.4) is 0 Å². The van der Waals surface area contributed by atoms with Gasteiger partial charge >= 0.3 is 0 Å². The molecule has 0 bridgehead atoms. The zero-order chi connectivity index (χ0) is 19.8. The minimum atomic E-state index is -3.83. The molecule has 0 unspecified atom stereocenters. The third kappa shape index (κ3) is 3.72. The summed E-state index contributed by atoms with van der Waals surface area (Å²) in [5, 5.41) is 3.68. The van der Waals surface area contributed by atoms with Gasteiger partial charge in [0.25, 0.3) is 5.91 Å². The molecule has 0 atom stereocenters. The van der Waals surface area contributed by atoms with Gasteiger partial charge in [0.05, 0.1) is 5.56 Å². The molecule has 1 fully saturated rings. The molecule has 1 aromatic heterocycles. The van der Waals surface area contributed by atoms with E-state index in [2.05, 4.69) is 5.16 Å². The van der Waals surface area contributed by atoms with Crippen molar-refractivity contribution in [3.8, 4) is 0 Å². The van der Waals surface area contributed by atoms with Gasteiger partial charge in [0.1, 0.15) is 22.2 Å². The molecule has 2 aromatic rings. The number of amides is 1. The van der Waals surface area contributed by atoms with E-state index in [9.17, 15) is 22.0 Å². The molecular weight excluding hydrogens is 380 g/mol. The molecule has 7 nitrogen and oxygen atoms in total. The first kappa shape index (κ1) is 19.4. The van der Waals surface area contributed by atoms with Crippen molar-refractivity contribution in [1.82, 2.24) is 14.4 Å². The maximum Gasteiger partial charge on any atom is 0.256 e. The number of sulfonamides is 1. The second-order valence-corrected chi connectivity index (χ2v) is 8.20. The molecule has 1 aromatic carbocycles. The highest BCUT2D eigenvalue weighted by Gasteiger charge is 2.33. The van der Waals surface area contributed by atoms with Gasteiger partial charge in [-0.1, -0.05) is 5.16 Å². The van der Waals surface area contributed by atoms with Crippen molar-refractivity contribution in [2.75, 3.05) is 26.2 Å². The highest BCUT2D eigenvalue weighted by molar-refractivity contribution is 7.89. The Morgan fingerprint density at radius 2 is 1.89 bits per heavy atom. The molecule has 1 aliphatic heterocycles. The molecule has 0 saturated carbocycles. The number of rotatable bonds is 3. The number of carbonyl (C=O) groups excluding carboxylic acids is 1. The van der Waals surface area contributed by atoms with Gasteiger partial charge < -0.3 is 9.42 Å². The molecule has 2 heterocycles. The molecule has 1 saturated heterocycles. The molecule has 10 heteroatoms. The lowest BCUT2D eigenvalue weighted by molar-refractivity contribution is 0.0759. The largest absolute Gasteiger partial charge is 0.360 e. The van der Waals surface area contributed by atoms with Crippen molar-refractivity contribution < 1.29 is 26.5 Å². The number of nitrogens with zero attached hydrogens (tertiary/aromatic N) is 3. The molecule has 146 valence electrons. The summed E-state index contributed by atoms with van der Waals surface area (Å²) in [6, 6.07) is 2.68. The van der Waals surface area contributed by atoms with Crippen LogP contribution in [0.4, 0.5) is 8.78 Å². The van der Waals surface area contributed by atoms with E-state index >= 15 is 0 Å². The Kier molecular flexibility index (Phi) is 5.29. The van der Waals surface area contributed by atoms with Gasteiger partial charge in [-0.2, -0.15) is 4.31 Å². The summed E-state index contributed by atoms with van der Waals surface area (Å²) in [5.41, 5.74) is -0.0939. The third-order valence-electron chi connectivity index (χ3n) is 4.47. The average Bonchev–Trinajstić information content (AvgIpc) is 2.83. The van der Waals surface area contributed by atoms with Crippen LogP contribution in [0.25, 0.3) is 0 Å². The maximum absolute atomic E-state index is 13.9. The standard InChI is InChI=1S/C17H19F2N3O4S/c1-11-16(12(2)26-20-11)27(24,25)22-7-3-6-21(8-9-22)17(23)14-10-13(18)4-5-15(14)19/h4-5,10H,3,6-9H2,1-2H3. The SMILES string of the molecule is Cc1noc(C)c1S(=O)(=O)N1CCCN(C(=O)c2cc(F)ccc2F)CC1. The van der Waals surface area contributed by atoms with Crippen LogP contribution in [0.1, 0.15) is 28.2 Å². The monoisotopic (exact) mass is 399 g/mol. The van der Waals surface area contributed by atoms with Crippen LogP contribution in [0, 0.1) is 25.5 Å². The van der Waals surface area contributed by atoms with Crippen LogP contribution in [-0.2, 0) is 10.0 Å². The number of carbonyl (C=O) groups is 1. The van der Waals surface area contributed by atoms with Crippen LogP contribution in [0.2, 0.25) is 0 Å². The first-order valence-electron chi connectivity index (χ1n) is 8.39. The lowest BCUT2D eigenvalue weighted by Crippen LogP contribution is -2.37. The van der Waals surface area contributed by atoms with Crippen LogP contribution >= 0.6 is 0 Å². The zero-order valence-electron chi connectivity index (χ0n) is 14.9. The number of benzene rings is 1. The summed E-state index contributed by atoms with van der Waals surface area (Å²) >= 11 is 0. The lowest BCUT2D eigenvalue weighted by atomic mass is 10.1. The fraction of sp³-hybridized carbons (Fsp3) is 0.412. The van der Waals surface area contributed by atoms with Crippen molar-refractivity contribution in [2.24, 2.45) is 0 Å². The predicted octanol–water partition coefficient (Wildman–Crippen LogP) is 2.11. The van der Waals surface area contributed by atoms with E-state index in [1.54, 1.807) is 6.92 Å². The Labute approximate surface area is 155 Å². The fourth-order valence-electron chi connectivity index (χ4n) is 3.14. The van der Waals surface area contributed by atoms with Gasteiger partial charge in [-0.3, -0.25) is 4.79 Å². The minimum Gasteiger partial charge on any atom is -0.360 e. The third-order valence-corrected chi connectivity index (χ3v) is 6.61. The first-order chi connectivity index (χ1) is 12.7. The predicted molar refractivity (Wildman–Crippen MR) is 91.6 cm³/mol. The van der Waals surface area contributed by atoms with Gasteiger partial charge in [-0.25, -0.2) is 17.2 Å². The molecule has 0 radical (unpaired) electrons. The van der Waals surface area contributed by atoms with Crippen LogP contribution in [0.5, 0.6) is 0 Å². The van der Waals surface area contributed by atoms with Crippen LogP contribution < -0.4 is 0 Å². The first-order valence-corrected chi connectivity index (χ1v) is 9.83. The van der Waals surface area contributed by atoms with Crippen LogP contribution in [0.15, 0.2) is 27.6 Å². The number of aromatic nitrogens is 1. The van der Waals surface area contributed by atoms with Gasteiger partial charge in [0.15, 0.2) is 5.76 Å². The summed E-state index contributed by atoms with van der Waals surface area (Å²) in [7, 11) is -3.83. The maximum atomic E-state index is 13.9. The second kappa shape index (κ2) is 7.35. The summed E-state index contributed by atoms with van der Waals surface area (Å²) in [4.78, 5) is 13.9. The topological polar surface area (TPSA) is 83.7 Å². The molecule has 27 heavy (non-hydrogen) atoms. The van der Waals surface area contributed by atoms with E-state index in [0.717, 1.165) is 18.2 Å². The Hall–Kier alpha value is -2.33. The van der Waals surface area contributed by atoms with Crippen LogP contribution in [-0.4, -0.2) is 54.9 Å². The van der Waals surface area contributed by atoms with Crippen molar-refractivity contribution in [2.45, 2.75) is 25.2 Å². The van der Waals surface area contributed by atoms with E-state index in [-0.39, 0.29) is 48.1 Å². The Balaban J connectivity index is 1.80. The molecule has 0 aliphatic carbocycles. The molecule has 0 spiro atoms. The van der Waals surface area contributed by atoms with Crippen molar-refractivity contribution in [3.63, 3.8) is 0 Å². The Bertz CT molecular complexity index is 955. The van der Waals surface area contributed by atoms with Crippen molar-refractivity contribution in [3.05, 3.63) is 46.9 Å². The lowest BCUT2D eigenvalue weighted by Gasteiger charge is -2.22. The molecule has 0 N–H and O–H groups in total. The summed E-state index contributed by atoms with van der Waals surface area (Å²) < 4.78 is 59.3. The Morgan fingerprint density at radius 1 is 1.15 bits per heavy atom. The normalized spacial score (nSPS) is 16.4. The average molecular weight is 399 g/mol. The van der Waals surface area contributed by atoms with E-state index in [0.29, 0.717) is 6.42 Å². The van der Waals surface area contributed by atoms with Crippen molar-refractivity contribution in [1.29, 1.82) is 0 Å². The summed E-state index contributed by atoms with van der Waals surface area (Å²) in [6.07, 6.45) is 0.366. The van der Waals surface area contributed by atoms with E-state index < -0.39 is 27.6 Å². The molecule has 1 amide bonds. The number of hydrogen-bond acceptors (Lipinski definition) is 5. The number of hydrogen-bond donors (Lipinski definition) is 0. The van der Waals surface area contributed by atoms with E-state index in [1.807, 2.05) is 0 Å². The van der Waals surface area contributed by atoms with Crippen molar-refractivity contribution >= 4 is 15.9 Å². The summed E-state index contributed by atoms with van der Waals surface area (Å²) in [6.45, 7) is 3.60.